The highest BCUT2D eigenvalue weighted by Crippen LogP contribution is 2.40. The fourth-order valence-electron chi connectivity index (χ4n) is 3.11. The lowest BCUT2D eigenvalue weighted by Crippen LogP contribution is -2.28. The van der Waals surface area contributed by atoms with Gasteiger partial charge in [0.15, 0.2) is 5.75 Å². The van der Waals surface area contributed by atoms with Gasteiger partial charge in [0.1, 0.15) is 17.5 Å². The van der Waals surface area contributed by atoms with E-state index in [1.54, 1.807) is 13.0 Å². The molecular weight excluding hydrogens is 468 g/mol. The molecule has 0 radical (unpaired) electrons. The van der Waals surface area contributed by atoms with Crippen LogP contribution in [-0.4, -0.2) is 30.8 Å². The number of phenolic OH excluding ortho intramolecular Hbond substituents is 1. The van der Waals surface area contributed by atoms with E-state index < -0.39 is 35.6 Å². The van der Waals surface area contributed by atoms with Crippen LogP contribution < -0.4 is 20.5 Å². The van der Waals surface area contributed by atoms with Gasteiger partial charge in [-0.25, -0.2) is 0 Å². The third-order valence-corrected chi connectivity index (χ3v) is 4.69. The molecule has 0 aliphatic rings. The number of aromatic hydroxyl groups is 1. The fourth-order valence-corrected chi connectivity index (χ4v) is 3.11. The number of benzene rings is 2. The Morgan fingerprint density at radius 2 is 1.82 bits per heavy atom. The number of rotatable bonds is 10. The van der Waals surface area contributed by atoms with E-state index in [1.807, 2.05) is 0 Å². The molecule has 34 heavy (non-hydrogen) atoms. The lowest BCUT2D eigenvalue weighted by atomic mass is 9.99. The van der Waals surface area contributed by atoms with E-state index in [1.165, 1.54) is 18.2 Å². The average molecular weight is 491 g/mol. The van der Waals surface area contributed by atoms with Crippen LogP contribution in [0, 0.1) is 11.3 Å². The quantitative estimate of drug-likeness (QED) is 0.297. The predicted molar refractivity (Wildman–Crippen MR) is 112 cm³/mol. The first-order chi connectivity index (χ1) is 15.9. The molecule has 0 aliphatic carbocycles. The Morgan fingerprint density at radius 1 is 1.12 bits per heavy atom. The summed E-state index contributed by atoms with van der Waals surface area (Å²) in [5.74, 6) is -0.940. The van der Waals surface area contributed by atoms with Crippen LogP contribution in [0.3, 0.4) is 0 Å². The van der Waals surface area contributed by atoms with Gasteiger partial charge in [0.2, 0.25) is 0 Å². The lowest BCUT2D eigenvalue weighted by Gasteiger charge is -2.21. The largest absolute Gasteiger partial charge is 0.573 e. The molecule has 0 heterocycles. The Balaban J connectivity index is 2.04. The van der Waals surface area contributed by atoms with Crippen molar-refractivity contribution >= 4 is 5.69 Å². The smallest absolute Gasteiger partial charge is 0.507 e. The predicted octanol–water partition coefficient (Wildman–Crippen LogP) is 5.56. The molecule has 0 fully saturated rings. The van der Waals surface area contributed by atoms with Crippen LogP contribution in [0.2, 0.25) is 0 Å². The summed E-state index contributed by atoms with van der Waals surface area (Å²) in [5.41, 5.74) is 4.97. The minimum atomic E-state index is -4.94. The van der Waals surface area contributed by atoms with Crippen LogP contribution in [0.25, 0.3) is 0 Å². The van der Waals surface area contributed by atoms with Crippen molar-refractivity contribution in [2.45, 2.75) is 44.8 Å². The summed E-state index contributed by atoms with van der Waals surface area (Å²) in [6.45, 7) is 1.99. The number of nitriles is 1. The summed E-state index contributed by atoms with van der Waals surface area (Å²) in [5, 5.41) is 22.0. The number of nitrogens with two attached hydrogens (primary N) is 1. The van der Waals surface area contributed by atoms with Gasteiger partial charge in [0.25, 0.3) is 0 Å². The Bertz CT molecular complexity index is 1020. The normalized spacial score (nSPS) is 12.7. The van der Waals surface area contributed by atoms with E-state index in [-0.39, 0.29) is 42.1 Å². The summed E-state index contributed by atoms with van der Waals surface area (Å²) < 4.78 is 86.3. The van der Waals surface area contributed by atoms with Crippen molar-refractivity contribution in [2.75, 3.05) is 18.5 Å². The minimum Gasteiger partial charge on any atom is -0.507 e. The Hall–Kier alpha value is -3.33. The SMILES string of the molecule is CCCc1c(OCCCNc2ccc(C#N)cc2OC(F)(F)F)ccc(C(N)C(F)(F)F)c1O. The molecule has 2 aromatic carbocycles. The van der Waals surface area contributed by atoms with Crippen molar-refractivity contribution in [3.05, 3.63) is 47.0 Å². The van der Waals surface area contributed by atoms with Crippen LogP contribution in [0.5, 0.6) is 17.2 Å². The highest BCUT2D eigenvalue weighted by atomic mass is 19.4. The summed E-state index contributed by atoms with van der Waals surface area (Å²) in [7, 11) is 0. The molecule has 0 aromatic heterocycles. The number of phenols is 1. The highest BCUT2D eigenvalue weighted by molar-refractivity contribution is 5.59. The number of ether oxygens (including phenoxy) is 2. The first kappa shape index (κ1) is 26.9. The van der Waals surface area contributed by atoms with Gasteiger partial charge >= 0.3 is 12.5 Å². The zero-order valence-corrected chi connectivity index (χ0v) is 18.1. The van der Waals surface area contributed by atoms with Crippen molar-refractivity contribution in [1.82, 2.24) is 0 Å². The molecule has 2 aromatic rings. The van der Waals surface area contributed by atoms with Gasteiger partial charge in [-0.15, -0.1) is 13.2 Å². The molecule has 1 unspecified atom stereocenters. The van der Waals surface area contributed by atoms with E-state index in [0.717, 1.165) is 12.1 Å². The third-order valence-electron chi connectivity index (χ3n) is 4.69. The van der Waals surface area contributed by atoms with E-state index in [9.17, 15) is 31.4 Å². The van der Waals surface area contributed by atoms with Gasteiger partial charge in [-0.3, -0.25) is 0 Å². The second-order valence-electron chi connectivity index (χ2n) is 7.25. The molecule has 6 nitrogen and oxygen atoms in total. The monoisotopic (exact) mass is 491 g/mol. The molecule has 1 atom stereocenters. The maximum Gasteiger partial charge on any atom is 0.573 e. The van der Waals surface area contributed by atoms with Gasteiger partial charge in [0.05, 0.1) is 23.9 Å². The highest BCUT2D eigenvalue weighted by Gasteiger charge is 2.40. The van der Waals surface area contributed by atoms with Crippen molar-refractivity contribution in [3.8, 4) is 23.3 Å². The van der Waals surface area contributed by atoms with Crippen LogP contribution in [0.15, 0.2) is 30.3 Å². The van der Waals surface area contributed by atoms with E-state index in [4.69, 9.17) is 15.7 Å². The van der Waals surface area contributed by atoms with Gasteiger partial charge in [-0.1, -0.05) is 13.3 Å². The zero-order valence-electron chi connectivity index (χ0n) is 18.1. The number of hydrogen-bond donors (Lipinski definition) is 3. The molecule has 0 spiro atoms. The number of anilines is 1. The van der Waals surface area contributed by atoms with Crippen LogP contribution in [-0.2, 0) is 6.42 Å². The first-order valence-electron chi connectivity index (χ1n) is 10.2. The van der Waals surface area contributed by atoms with Gasteiger partial charge < -0.3 is 25.6 Å². The van der Waals surface area contributed by atoms with E-state index in [0.29, 0.717) is 12.8 Å². The summed E-state index contributed by atoms with van der Waals surface area (Å²) in [6.07, 6.45) is -8.60. The molecular formula is C22H23F6N3O3. The first-order valence-corrected chi connectivity index (χ1v) is 10.2. The maximum atomic E-state index is 13.0. The van der Waals surface area contributed by atoms with Gasteiger partial charge in [0, 0.05) is 23.7 Å². The van der Waals surface area contributed by atoms with Crippen molar-refractivity contribution in [2.24, 2.45) is 5.73 Å². The molecule has 0 amide bonds. The maximum absolute atomic E-state index is 13.0. The molecule has 12 heteroatoms. The number of hydrogen-bond acceptors (Lipinski definition) is 6. The van der Waals surface area contributed by atoms with Gasteiger partial charge in [-0.05, 0) is 37.1 Å². The lowest BCUT2D eigenvalue weighted by molar-refractivity contribution is -0.274. The fraction of sp³-hybridized carbons (Fsp3) is 0.409. The third kappa shape index (κ3) is 7.34. The Morgan fingerprint density at radius 3 is 2.41 bits per heavy atom. The molecule has 0 saturated heterocycles. The molecule has 0 saturated carbocycles. The molecule has 4 N–H and O–H groups in total. The second-order valence-corrected chi connectivity index (χ2v) is 7.25. The molecule has 0 bridgehead atoms. The topological polar surface area (TPSA) is 101 Å². The Kier molecular flexibility index (Phi) is 8.86. The average Bonchev–Trinajstić information content (AvgIpc) is 2.74. The molecule has 186 valence electrons. The standard InChI is InChI=1S/C22H23F6N3O3/c1-2-4-14-17(8-6-15(19(14)32)20(30)21(23,24)25)33-10-3-9-31-16-7-5-13(12-29)11-18(16)34-22(26,27)28/h5-8,11,20,31-32H,2-4,9-10,30H2,1H3. The van der Waals surface area contributed by atoms with Crippen molar-refractivity contribution in [1.29, 1.82) is 5.26 Å². The summed E-state index contributed by atoms with van der Waals surface area (Å²) >= 11 is 0. The summed E-state index contributed by atoms with van der Waals surface area (Å²) in [6, 6.07) is 5.30. The van der Waals surface area contributed by atoms with Gasteiger partial charge in [-0.2, -0.15) is 18.4 Å². The van der Waals surface area contributed by atoms with E-state index >= 15 is 0 Å². The van der Waals surface area contributed by atoms with Crippen LogP contribution in [0.4, 0.5) is 32.0 Å². The van der Waals surface area contributed by atoms with Crippen molar-refractivity contribution < 1.29 is 40.9 Å². The van der Waals surface area contributed by atoms with Crippen LogP contribution >= 0.6 is 0 Å². The number of halogens is 6. The molecule has 0 aliphatic heterocycles. The number of alkyl halides is 6. The molecule has 2 rings (SSSR count). The Labute approximate surface area is 191 Å². The number of nitrogens with one attached hydrogen (secondary N) is 1. The summed E-state index contributed by atoms with van der Waals surface area (Å²) in [4.78, 5) is 0. The van der Waals surface area contributed by atoms with E-state index in [2.05, 4.69) is 10.1 Å². The zero-order chi connectivity index (χ0) is 25.5. The second kappa shape index (κ2) is 11.2. The van der Waals surface area contributed by atoms with Crippen LogP contribution in [0.1, 0.15) is 42.5 Å². The number of nitrogens with zero attached hydrogens (tertiary/aromatic N) is 1. The van der Waals surface area contributed by atoms with Crippen molar-refractivity contribution in [3.63, 3.8) is 0 Å². The minimum absolute atomic E-state index is 0.00918.